The topological polar surface area (TPSA) is 12.0 Å². The van der Waals surface area contributed by atoms with Gasteiger partial charge in [-0.25, -0.2) is 0 Å². The van der Waals surface area contributed by atoms with Crippen LogP contribution in [-0.2, 0) is 0 Å². The van der Waals surface area contributed by atoms with Gasteiger partial charge in [-0.15, -0.1) is 0 Å². The summed E-state index contributed by atoms with van der Waals surface area (Å²) in [6.07, 6.45) is 10.3. The second-order valence-electron chi connectivity index (χ2n) is 5.52. The molecule has 0 saturated heterocycles. The quantitative estimate of drug-likeness (QED) is 0.713. The fraction of sp³-hybridized carbons (Fsp3) is 1.00. The number of hydrogen-bond donors (Lipinski definition) is 1. The van der Waals surface area contributed by atoms with Crippen LogP contribution < -0.4 is 5.32 Å². The zero-order chi connectivity index (χ0) is 9.97. The highest BCUT2D eigenvalue weighted by molar-refractivity contribution is 4.88. The molecule has 0 bridgehead atoms. The molecule has 14 heavy (non-hydrogen) atoms. The van der Waals surface area contributed by atoms with Crippen LogP contribution in [0.3, 0.4) is 0 Å². The van der Waals surface area contributed by atoms with Crippen molar-refractivity contribution in [2.24, 2.45) is 17.8 Å². The van der Waals surface area contributed by atoms with E-state index in [-0.39, 0.29) is 0 Å². The highest BCUT2D eigenvalue weighted by Crippen LogP contribution is 2.41. The lowest BCUT2D eigenvalue weighted by atomic mass is 9.74. The predicted molar refractivity (Wildman–Crippen MR) is 61.3 cm³/mol. The molecule has 0 radical (unpaired) electrons. The Morgan fingerprint density at radius 3 is 2.50 bits per heavy atom. The summed E-state index contributed by atoms with van der Waals surface area (Å²) in [7, 11) is 2.15. The van der Waals surface area contributed by atoms with Gasteiger partial charge in [-0.1, -0.05) is 32.6 Å². The molecule has 4 unspecified atom stereocenters. The molecule has 0 aromatic carbocycles. The molecule has 2 rings (SSSR count). The molecular formula is C13H25N. The van der Waals surface area contributed by atoms with Crippen LogP contribution in [0.25, 0.3) is 0 Å². The minimum atomic E-state index is 0.838. The molecular weight excluding hydrogens is 170 g/mol. The SMILES string of the molecule is CNC1CCCC1C1CCCC(C)C1. The van der Waals surface area contributed by atoms with E-state index >= 15 is 0 Å². The lowest BCUT2D eigenvalue weighted by Crippen LogP contribution is -2.35. The summed E-state index contributed by atoms with van der Waals surface area (Å²) < 4.78 is 0. The summed E-state index contributed by atoms with van der Waals surface area (Å²) in [5.41, 5.74) is 0. The lowest BCUT2D eigenvalue weighted by molar-refractivity contribution is 0.185. The summed E-state index contributed by atoms with van der Waals surface area (Å²) >= 11 is 0. The Kier molecular flexibility index (Phi) is 3.48. The van der Waals surface area contributed by atoms with Crippen LogP contribution in [0, 0.1) is 17.8 Å². The Bertz CT molecular complexity index is 178. The highest BCUT2D eigenvalue weighted by Gasteiger charge is 2.34. The van der Waals surface area contributed by atoms with Crippen molar-refractivity contribution in [3.63, 3.8) is 0 Å². The number of hydrogen-bond acceptors (Lipinski definition) is 1. The number of rotatable bonds is 2. The van der Waals surface area contributed by atoms with E-state index in [1.165, 1.54) is 44.9 Å². The van der Waals surface area contributed by atoms with Gasteiger partial charge in [0.2, 0.25) is 0 Å². The van der Waals surface area contributed by atoms with E-state index in [4.69, 9.17) is 0 Å². The first-order chi connectivity index (χ1) is 6.81. The summed E-state index contributed by atoms with van der Waals surface area (Å²) in [6, 6.07) is 0.838. The summed E-state index contributed by atoms with van der Waals surface area (Å²) in [4.78, 5) is 0. The molecule has 2 aliphatic carbocycles. The molecule has 0 aromatic rings. The average molecular weight is 195 g/mol. The molecule has 1 heteroatoms. The van der Waals surface area contributed by atoms with Crippen molar-refractivity contribution < 1.29 is 0 Å². The molecule has 82 valence electrons. The minimum absolute atomic E-state index is 0.838. The second kappa shape index (κ2) is 4.65. The maximum Gasteiger partial charge on any atom is 0.00949 e. The van der Waals surface area contributed by atoms with E-state index in [0.717, 1.165) is 23.8 Å². The largest absolute Gasteiger partial charge is 0.317 e. The van der Waals surface area contributed by atoms with Gasteiger partial charge in [-0.2, -0.15) is 0 Å². The van der Waals surface area contributed by atoms with Crippen LogP contribution in [-0.4, -0.2) is 13.1 Å². The van der Waals surface area contributed by atoms with Crippen LogP contribution in [0.4, 0.5) is 0 Å². The molecule has 0 aromatic heterocycles. The number of nitrogens with one attached hydrogen (secondary N) is 1. The van der Waals surface area contributed by atoms with Crippen molar-refractivity contribution in [3.05, 3.63) is 0 Å². The lowest BCUT2D eigenvalue weighted by Gasteiger charge is -2.34. The standard InChI is InChI=1S/C13H25N/c1-10-5-3-6-11(9-10)12-7-4-8-13(12)14-2/h10-14H,3-9H2,1-2H3. The molecule has 2 saturated carbocycles. The van der Waals surface area contributed by atoms with E-state index in [1.54, 1.807) is 0 Å². The van der Waals surface area contributed by atoms with E-state index < -0.39 is 0 Å². The van der Waals surface area contributed by atoms with Gasteiger partial charge in [-0.05, 0) is 44.1 Å². The van der Waals surface area contributed by atoms with Crippen LogP contribution >= 0.6 is 0 Å². The summed E-state index contributed by atoms with van der Waals surface area (Å²) in [6.45, 7) is 2.44. The first-order valence-electron chi connectivity index (χ1n) is 6.48. The summed E-state index contributed by atoms with van der Waals surface area (Å²) in [5, 5.41) is 3.53. The third kappa shape index (κ3) is 2.13. The first kappa shape index (κ1) is 10.5. The zero-order valence-corrected chi connectivity index (χ0v) is 9.76. The fourth-order valence-corrected chi connectivity index (χ4v) is 3.78. The van der Waals surface area contributed by atoms with Gasteiger partial charge in [0.05, 0.1) is 0 Å². The van der Waals surface area contributed by atoms with Crippen LogP contribution in [0.2, 0.25) is 0 Å². The third-order valence-electron chi connectivity index (χ3n) is 4.52. The summed E-state index contributed by atoms with van der Waals surface area (Å²) in [5.74, 6) is 3.04. The van der Waals surface area contributed by atoms with Crippen molar-refractivity contribution in [1.29, 1.82) is 0 Å². The first-order valence-corrected chi connectivity index (χ1v) is 6.48. The van der Waals surface area contributed by atoms with Gasteiger partial charge >= 0.3 is 0 Å². The smallest absolute Gasteiger partial charge is 0.00949 e. The van der Waals surface area contributed by atoms with Crippen LogP contribution in [0.1, 0.15) is 51.9 Å². The van der Waals surface area contributed by atoms with E-state index in [2.05, 4.69) is 19.3 Å². The monoisotopic (exact) mass is 195 g/mol. The normalized spacial score (nSPS) is 44.1. The van der Waals surface area contributed by atoms with Crippen molar-refractivity contribution in [2.75, 3.05) is 7.05 Å². The van der Waals surface area contributed by atoms with Gasteiger partial charge in [-0.3, -0.25) is 0 Å². The van der Waals surface area contributed by atoms with Gasteiger partial charge in [0, 0.05) is 6.04 Å². The second-order valence-corrected chi connectivity index (χ2v) is 5.52. The van der Waals surface area contributed by atoms with Crippen molar-refractivity contribution >= 4 is 0 Å². The van der Waals surface area contributed by atoms with Gasteiger partial charge in [0.1, 0.15) is 0 Å². The van der Waals surface area contributed by atoms with E-state index in [9.17, 15) is 0 Å². The fourth-order valence-electron chi connectivity index (χ4n) is 3.78. The Labute approximate surface area is 88.7 Å². The zero-order valence-electron chi connectivity index (χ0n) is 9.76. The molecule has 4 atom stereocenters. The van der Waals surface area contributed by atoms with Gasteiger partial charge in [0.15, 0.2) is 0 Å². The Morgan fingerprint density at radius 2 is 1.79 bits per heavy atom. The Hall–Kier alpha value is -0.0400. The maximum absolute atomic E-state index is 3.53. The molecule has 0 heterocycles. The maximum atomic E-state index is 3.53. The van der Waals surface area contributed by atoms with E-state index in [1.807, 2.05) is 0 Å². The highest BCUT2D eigenvalue weighted by atomic mass is 14.9. The van der Waals surface area contributed by atoms with Crippen molar-refractivity contribution in [1.82, 2.24) is 5.32 Å². The van der Waals surface area contributed by atoms with Crippen molar-refractivity contribution in [3.8, 4) is 0 Å². The van der Waals surface area contributed by atoms with Gasteiger partial charge in [0.25, 0.3) is 0 Å². The Balaban J connectivity index is 1.92. The van der Waals surface area contributed by atoms with Crippen molar-refractivity contribution in [2.45, 2.75) is 57.9 Å². The van der Waals surface area contributed by atoms with E-state index in [0.29, 0.717) is 0 Å². The molecule has 1 nitrogen and oxygen atoms in total. The van der Waals surface area contributed by atoms with Crippen LogP contribution in [0.15, 0.2) is 0 Å². The molecule has 2 aliphatic rings. The predicted octanol–water partition coefficient (Wildman–Crippen LogP) is 3.20. The molecule has 0 amide bonds. The van der Waals surface area contributed by atoms with Crippen LogP contribution in [0.5, 0.6) is 0 Å². The average Bonchev–Trinajstić information content (AvgIpc) is 2.65. The minimum Gasteiger partial charge on any atom is -0.317 e. The molecule has 0 aliphatic heterocycles. The molecule has 1 N–H and O–H groups in total. The molecule has 2 fully saturated rings. The molecule has 0 spiro atoms. The Morgan fingerprint density at radius 1 is 1.00 bits per heavy atom. The third-order valence-corrected chi connectivity index (χ3v) is 4.52. The van der Waals surface area contributed by atoms with Gasteiger partial charge < -0.3 is 5.32 Å².